The fourth-order valence-corrected chi connectivity index (χ4v) is 2.58. The Bertz CT molecular complexity index is 792. The topological polar surface area (TPSA) is 54.7 Å². The normalized spacial score (nSPS) is 11.8. The van der Waals surface area contributed by atoms with Gasteiger partial charge in [0, 0.05) is 39.4 Å². The van der Waals surface area contributed by atoms with Crippen LogP contribution in [0.4, 0.5) is 13.2 Å². The lowest BCUT2D eigenvalue weighted by Gasteiger charge is -2.22. The zero-order valence-corrected chi connectivity index (χ0v) is 18.6. The highest BCUT2D eigenvalue weighted by Gasteiger charge is 2.36. The predicted molar refractivity (Wildman–Crippen MR) is 113 cm³/mol. The van der Waals surface area contributed by atoms with Crippen LogP contribution in [0.1, 0.15) is 16.8 Å². The summed E-state index contributed by atoms with van der Waals surface area (Å²) in [5, 5.41) is 6.44. The Morgan fingerprint density at radius 3 is 2.61 bits per heavy atom. The third kappa shape index (κ3) is 6.57. The second kappa shape index (κ2) is 10.5. The Hall–Kier alpha value is -1.98. The fourth-order valence-electron chi connectivity index (χ4n) is 2.58. The van der Waals surface area contributed by atoms with Crippen LogP contribution in [0, 0.1) is 6.92 Å². The zero-order chi connectivity index (χ0) is 20.0. The number of alkyl halides is 3. The number of para-hydroxylation sites is 1. The van der Waals surface area contributed by atoms with Gasteiger partial charge < -0.3 is 15.0 Å². The molecule has 6 nitrogen and oxygen atoms in total. The Morgan fingerprint density at radius 2 is 2.00 bits per heavy atom. The van der Waals surface area contributed by atoms with Crippen molar-refractivity contribution in [2.45, 2.75) is 19.6 Å². The lowest BCUT2D eigenvalue weighted by atomic mass is 10.2. The zero-order valence-electron chi connectivity index (χ0n) is 16.2. The van der Waals surface area contributed by atoms with E-state index in [9.17, 15) is 13.2 Å². The van der Waals surface area contributed by atoms with Crippen molar-refractivity contribution < 1.29 is 17.9 Å². The fraction of sp³-hybridized carbons (Fsp3) is 0.444. The van der Waals surface area contributed by atoms with Crippen molar-refractivity contribution in [2.75, 3.05) is 27.2 Å². The minimum Gasteiger partial charge on any atom is -0.491 e. The van der Waals surface area contributed by atoms with Gasteiger partial charge >= 0.3 is 6.18 Å². The molecule has 2 aromatic rings. The summed E-state index contributed by atoms with van der Waals surface area (Å²) >= 11 is 0. The van der Waals surface area contributed by atoms with E-state index in [1.54, 1.807) is 19.0 Å². The standard InChI is InChI=1S/C18H24F3N5O.HI/c1-13-7-5-6-8-15(13)27-10-9-25(3)17(22-2)23-11-14-12-26(4)24-16(14)18(19,20)21;/h5-8,12H,9-11H2,1-4H3,(H,22,23);1H. The van der Waals surface area contributed by atoms with Crippen molar-refractivity contribution in [3.05, 3.63) is 47.3 Å². The molecule has 0 saturated heterocycles. The van der Waals surface area contributed by atoms with Gasteiger partial charge in [0.25, 0.3) is 0 Å². The Labute approximate surface area is 179 Å². The van der Waals surface area contributed by atoms with E-state index in [0.29, 0.717) is 19.1 Å². The van der Waals surface area contributed by atoms with Crippen LogP contribution in [0.15, 0.2) is 35.5 Å². The molecule has 0 amide bonds. The molecule has 0 atom stereocenters. The molecule has 0 aliphatic carbocycles. The quantitative estimate of drug-likeness (QED) is 0.367. The highest BCUT2D eigenvalue weighted by atomic mass is 127. The summed E-state index contributed by atoms with van der Waals surface area (Å²) in [6.45, 7) is 2.87. The Kier molecular flexibility index (Phi) is 9.05. The number of hydrogen-bond acceptors (Lipinski definition) is 3. The van der Waals surface area contributed by atoms with Gasteiger partial charge in [-0.05, 0) is 18.6 Å². The van der Waals surface area contributed by atoms with Crippen molar-refractivity contribution in [3.63, 3.8) is 0 Å². The summed E-state index contributed by atoms with van der Waals surface area (Å²) in [6, 6.07) is 7.70. The minimum atomic E-state index is -4.49. The van der Waals surface area contributed by atoms with Crippen molar-refractivity contribution in [3.8, 4) is 5.75 Å². The van der Waals surface area contributed by atoms with Crippen LogP contribution in [0.2, 0.25) is 0 Å². The molecule has 0 unspecified atom stereocenters. The number of aliphatic imine (C=N–C) groups is 1. The van der Waals surface area contributed by atoms with Gasteiger partial charge in [-0.1, -0.05) is 18.2 Å². The first kappa shape index (κ1) is 24.1. The van der Waals surface area contributed by atoms with Crippen molar-refractivity contribution in [2.24, 2.45) is 12.0 Å². The van der Waals surface area contributed by atoms with Gasteiger partial charge in [-0.2, -0.15) is 18.3 Å². The number of hydrogen-bond donors (Lipinski definition) is 1. The molecule has 0 radical (unpaired) electrons. The Balaban J connectivity index is 0.00000392. The first-order valence-corrected chi connectivity index (χ1v) is 8.42. The second-order valence-electron chi connectivity index (χ2n) is 6.11. The number of guanidine groups is 1. The van der Waals surface area contributed by atoms with Crippen LogP contribution in [0.3, 0.4) is 0 Å². The lowest BCUT2D eigenvalue weighted by Crippen LogP contribution is -2.40. The SMILES string of the molecule is CN=C(NCc1cn(C)nc1C(F)(F)F)N(C)CCOc1ccccc1C.I. The van der Waals surface area contributed by atoms with Gasteiger partial charge in [-0.15, -0.1) is 24.0 Å². The highest BCUT2D eigenvalue weighted by Crippen LogP contribution is 2.30. The van der Waals surface area contributed by atoms with E-state index in [2.05, 4.69) is 15.4 Å². The van der Waals surface area contributed by atoms with Gasteiger partial charge in [0.15, 0.2) is 11.7 Å². The van der Waals surface area contributed by atoms with E-state index in [1.807, 2.05) is 31.2 Å². The number of aromatic nitrogens is 2. The monoisotopic (exact) mass is 511 g/mol. The molecular formula is C18H25F3IN5O. The van der Waals surface area contributed by atoms with E-state index in [0.717, 1.165) is 16.0 Å². The average molecular weight is 511 g/mol. The van der Waals surface area contributed by atoms with Crippen LogP contribution in [0.5, 0.6) is 5.75 Å². The highest BCUT2D eigenvalue weighted by molar-refractivity contribution is 14.0. The van der Waals surface area contributed by atoms with Crippen LogP contribution in [-0.4, -0.2) is 47.9 Å². The molecule has 2 rings (SSSR count). The molecule has 10 heteroatoms. The number of rotatable bonds is 6. The maximum Gasteiger partial charge on any atom is 0.435 e. The summed E-state index contributed by atoms with van der Waals surface area (Å²) in [7, 11) is 4.84. The number of likely N-dealkylation sites (N-methyl/N-ethyl adjacent to an activating group) is 1. The van der Waals surface area contributed by atoms with E-state index in [1.165, 1.54) is 13.2 Å². The van der Waals surface area contributed by atoms with Gasteiger partial charge in [0.05, 0.1) is 6.54 Å². The van der Waals surface area contributed by atoms with E-state index in [4.69, 9.17) is 4.74 Å². The summed E-state index contributed by atoms with van der Waals surface area (Å²) in [4.78, 5) is 5.91. The second-order valence-corrected chi connectivity index (χ2v) is 6.11. The van der Waals surface area contributed by atoms with Crippen molar-refractivity contribution >= 4 is 29.9 Å². The molecule has 0 aliphatic rings. The number of aryl methyl sites for hydroxylation is 2. The largest absolute Gasteiger partial charge is 0.491 e. The molecule has 0 saturated carbocycles. The molecule has 0 aliphatic heterocycles. The minimum absolute atomic E-state index is 0. The smallest absolute Gasteiger partial charge is 0.435 e. The molecular weight excluding hydrogens is 486 g/mol. The van der Waals surface area contributed by atoms with Gasteiger partial charge in [0.1, 0.15) is 12.4 Å². The number of halogens is 4. The predicted octanol–water partition coefficient (Wildman–Crippen LogP) is 3.45. The summed E-state index contributed by atoms with van der Waals surface area (Å²) in [6.07, 6.45) is -3.14. The maximum absolute atomic E-state index is 13.0. The van der Waals surface area contributed by atoms with Crippen LogP contribution in [0.25, 0.3) is 0 Å². The first-order chi connectivity index (χ1) is 12.7. The van der Waals surface area contributed by atoms with Crippen LogP contribution < -0.4 is 10.1 Å². The maximum atomic E-state index is 13.0. The summed E-state index contributed by atoms with van der Waals surface area (Å²) in [5.74, 6) is 1.28. The molecule has 1 aromatic carbocycles. The summed E-state index contributed by atoms with van der Waals surface area (Å²) in [5.41, 5.74) is 0.216. The molecule has 0 bridgehead atoms. The number of nitrogens with zero attached hydrogens (tertiary/aromatic N) is 4. The van der Waals surface area contributed by atoms with E-state index < -0.39 is 11.9 Å². The molecule has 1 aromatic heterocycles. The molecule has 28 heavy (non-hydrogen) atoms. The van der Waals surface area contributed by atoms with Gasteiger partial charge in [-0.25, -0.2) is 0 Å². The Morgan fingerprint density at radius 1 is 1.32 bits per heavy atom. The van der Waals surface area contributed by atoms with E-state index >= 15 is 0 Å². The molecule has 0 fully saturated rings. The third-order valence-corrected chi connectivity index (χ3v) is 3.96. The number of benzene rings is 1. The van der Waals surface area contributed by atoms with Gasteiger partial charge in [0.2, 0.25) is 0 Å². The molecule has 0 spiro atoms. The number of nitrogens with one attached hydrogen (secondary N) is 1. The van der Waals surface area contributed by atoms with Crippen LogP contribution in [-0.2, 0) is 19.8 Å². The van der Waals surface area contributed by atoms with Crippen LogP contribution >= 0.6 is 24.0 Å². The van der Waals surface area contributed by atoms with Gasteiger partial charge in [-0.3, -0.25) is 9.67 Å². The third-order valence-electron chi connectivity index (χ3n) is 3.96. The molecule has 1 heterocycles. The molecule has 156 valence electrons. The first-order valence-electron chi connectivity index (χ1n) is 8.42. The summed E-state index contributed by atoms with van der Waals surface area (Å²) < 4.78 is 46.0. The van der Waals surface area contributed by atoms with E-state index in [-0.39, 0.29) is 36.1 Å². The van der Waals surface area contributed by atoms with Crippen molar-refractivity contribution in [1.29, 1.82) is 0 Å². The lowest BCUT2D eigenvalue weighted by molar-refractivity contribution is -0.142. The number of ether oxygens (including phenoxy) is 1. The molecule has 1 N–H and O–H groups in total. The van der Waals surface area contributed by atoms with Crippen molar-refractivity contribution in [1.82, 2.24) is 20.0 Å². The average Bonchev–Trinajstić information content (AvgIpc) is 2.98.